The number of hydrogen-bond donors (Lipinski definition) is 1. The fourth-order valence-electron chi connectivity index (χ4n) is 3.19. The summed E-state index contributed by atoms with van der Waals surface area (Å²) in [5.74, 6) is 1.80. The van der Waals surface area contributed by atoms with Gasteiger partial charge in [-0.15, -0.1) is 0 Å². The van der Waals surface area contributed by atoms with Crippen LogP contribution in [0.5, 0.6) is 5.75 Å². The van der Waals surface area contributed by atoms with Gasteiger partial charge in [0, 0.05) is 29.2 Å². The van der Waals surface area contributed by atoms with E-state index in [9.17, 15) is 0 Å². The Balaban J connectivity index is 1.57. The highest BCUT2D eigenvalue weighted by molar-refractivity contribution is 9.10. The molecule has 0 aromatic heterocycles. The molecule has 0 spiro atoms. The molecule has 2 aliphatic rings. The number of nitrogens with one attached hydrogen (secondary N) is 1. The third kappa shape index (κ3) is 4.44. The Hall–Kier alpha value is -0.580. The molecule has 0 radical (unpaired) electrons. The molecule has 3 nitrogen and oxygen atoms in total. The maximum Gasteiger partial charge on any atom is 0.123 e. The van der Waals surface area contributed by atoms with Crippen molar-refractivity contribution in [2.75, 3.05) is 26.7 Å². The average Bonchev–Trinajstić information content (AvgIpc) is 3.30. The number of ether oxygens (including phenoxy) is 1. The van der Waals surface area contributed by atoms with E-state index in [1.807, 2.05) is 6.07 Å². The van der Waals surface area contributed by atoms with Gasteiger partial charge in [0.15, 0.2) is 0 Å². The lowest BCUT2D eigenvalue weighted by atomic mass is 9.97. The summed E-state index contributed by atoms with van der Waals surface area (Å²) >= 11 is 3.57. The average molecular weight is 353 g/mol. The molecule has 2 fully saturated rings. The highest BCUT2D eigenvalue weighted by atomic mass is 79.9. The SMILES string of the molecule is COc1ccc(Br)cc1CN1CCCC(CNC2CC2)C1. The Labute approximate surface area is 136 Å². The molecule has 1 heterocycles. The van der Waals surface area contributed by atoms with E-state index in [-0.39, 0.29) is 0 Å². The first-order chi connectivity index (χ1) is 10.2. The normalized spacial score (nSPS) is 23.2. The van der Waals surface area contributed by atoms with Crippen LogP contribution in [0.15, 0.2) is 22.7 Å². The summed E-state index contributed by atoms with van der Waals surface area (Å²) in [6.07, 6.45) is 5.44. The molecule has 1 atom stereocenters. The first-order valence-corrected chi connectivity index (χ1v) is 8.82. The van der Waals surface area contributed by atoms with Crippen LogP contribution in [0.1, 0.15) is 31.2 Å². The third-order valence-corrected chi connectivity index (χ3v) is 5.01. The van der Waals surface area contributed by atoms with Gasteiger partial charge < -0.3 is 10.1 Å². The van der Waals surface area contributed by atoms with Crippen molar-refractivity contribution < 1.29 is 4.74 Å². The number of benzene rings is 1. The van der Waals surface area contributed by atoms with E-state index in [1.165, 1.54) is 50.9 Å². The third-order valence-electron chi connectivity index (χ3n) is 4.51. The van der Waals surface area contributed by atoms with E-state index in [4.69, 9.17) is 4.74 Å². The van der Waals surface area contributed by atoms with Gasteiger partial charge in [-0.2, -0.15) is 0 Å². The van der Waals surface area contributed by atoms with Crippen molar-refractivity contribution in [3.8, 4) is 5.75 Å². The Morgan fingerprint density at radius 3 is 2.95 bits per heavy atom. The predicted molar refractivity (Wildman–Crippen MR) is 89.7 cm³/mol. The molecule has 21 heavy (non-hydrogen) atoms. The first-order valence-electron chi connectivity index (χ1n) is 8.03. The Bertz CT molecular complexity index is 476. The molecule has 1 unspecified atom stereocenters. The van der Waals surface area contributed by atoms with Gasteiger partial charge in [0.2, 0.25) is 0 Å². The predicted octanol–water partition coefficient (Wildman–Crippen LogP) is 3.42. The van der Waals surface area contributed by atoms with E-state index in [1.54, 1.807) is 7.11 Å². The molecule has 1 saturated carbocycles. The zero-order valence-electron chi connectivity index (χ0n) is 12.8. The van der Waals surface area contributed by atoms with Crippen LogP contribution in [0.4, 0.5) is 0 Å². The van der Waals surface area contributed by atoms with Crippen molar-refractivity contribution in [1.82, 2.24) is 10.2 Å². The van der Waals surface area contributed by atoms with Gasteiger partial charge in [0.1, 0.15) is 5.75 Å². The van der Waals surface area contributed by atoms with Crippen LogP contribution in [0, 0.1) is 5.92 Å². The van der Waals surface area contributed by atoms with Crippen LogP contribution in [-0.4, -0.2) is 37.7 Å². The van der Waals surface area contributed by atoms with E-state index < -0.39 is 0 Å². The standard InChI is InChI=1S/C17H25BrN2O/c1-21-17-7-4-15(18)9-14(17)12-20-8-2-3-13(11-20)10-19-16-5-6-16/h4,7,9,13,16,19H,2-3,5-6,8,10-12H2,1H3. The minimum Gasteiger partial charge on any atom is -0.496 e. The minimum absolute atomic E-state index is 0.803. The zero-order chi connectivity index (χ0) is 14.7. The molecule has 1 aliphatic carbocycles. The first kappa shape index (κ1) is 15.3. The lowest BCUT2D eigenvalue weighted by molar-refractivity contribution is 0.163. The summed E-state index contributed by atoms with van der Waals surface area (Å²) < 4.78 is 6.62. The molecule has 4 heteroatoms. The van der Waals surface area contributed by atoms with Crippen molar-refractivity contribution >= 4 is 15.9 Å². The monoisotopic (exact) mass is 352 g/mol. The summed E-state index contributed by atoms with van der Waals surface area (Å²) in [5, 5.41) is 3.68. The van der Waals surface area contributed by atoms with Gasteiger partial charge in [-0.1, -0.05) is 15.9 Å². The largest absolute Gasteiger partial charge is 0.496 e. The van der Waals surface area contributed by atoms with Gasteiger partial charge >= 0.3 is 0 Å². The van der Waals surface area contributed by atoms with Crippen LogP contribution in [0.2, 0.25) is 0 Å². The summed E-state index contributed by atoms with van der Waals surface area (Å²) in [4.78, 5) is 2.58. The van der Waals surface area contributed by atoms with Crippen molar-refractivity contribution in [3.63, 3.8) is 0 Å². The van der Waals surface area contributed by atoms with Crippen molar-refractivity contribution in [1.29, 1.82) is 0 Å². The van der Waals surface area contributed by atoms with Crippen molar-refractivity contribution in [3.05, 3.63) is 28.2 Å². The highest BCUT2D eigenvalue weighted by Crippen LogP contribution is 2.27. The number of hydrogen-bond acceptors (Lipinski definition) is 3. The molecule has 1 saturated heterocycles. The fraction of sp³-hybridized carbons (Fsp3) is 0.647. The summed E-state index contributed by atoms with van der Waals surface area (Å²) in [6.45, 7) is 4.59. The number of likely N-dealkylation sites (tertiary alicyclic amines) is 1. The maximum atomic E-state index is 5.50. The molecule has 1 aromatic rings. The molecule has 1 aliphatic heterocycles. The number of methoxy groups -OCH3 is 1. The van der Waals surface area contributed by atoms with Gasteiger partial charge in [0.25, 0.3) is 0 Å². The van der Waals surface area contributed by atoms with E-state index >= 15 is 0 Å². The smallest absolute Gasteiger partial charge is 0.123 e. The summed E-state index contributed by atoms with van der Waals surface area (Å²) in [5.41, 5.74) is 1.28. The molecule has 0 amide bonds. The zero-order valence-corrected chi connectivity index (χ0v) is 14.4. The van der Waals surface area contributed by atoms with Crippen LogP contribution in [0.3, 0.4) is 0 Å². The maximum absolute atomic E-state index is 5.50. The van der Waals surface area contributed by atoms with Crippen LogP contribution < -0.4 is 10.1 Å². The minimum atomic E-state index is 0.803. The van der Waals surface area contributed by atoms with Crippen molar-refractivity contribution in [2.24, 2.45) is 5.92 Å². The number of rotatable bonds is 6. The second-order valence-corrected chi connectivity index (χ2v) is 7.30. The second-order valence-electron chi connectivity index (χ2n) is 6.38. The van der Waals surface area contributed by atoms with Crippen molar-refractivity contribution in [2.45, 2.75) is 38.3 Å². The van der Waals surface area contributed by atoms with Crippen LogP contribution in [0.25, 0.3) is 0 Å². The number of nitrogens with zero attached hydrogens (tertiary/aromatic N) is 1. The summed E-state index contributed by atoms with van der Waals surface area (Å²) in [7, 11) is 1.76. The number of piperidine rings is 1. The van der Waals surface area contributed by atoms with Gasteiger partial charge in [0.05, 0.1) is 7.11 Å². The molecule has 3 rings (SSSR count). The Kier molecular flexibility index (Phi) is 5.19. The molecular weight excluding hydrogens is 328 g/mol. The van der Waals surface area contributed by atoms with E-state index in [2.05, 4.69) is 38.3 Å². The van der Waals surface area contributed by atoms with E-state index in [0.717, 1.165) is 28.7 Å². The molecule has 1 aromatic carbocycles. The Morgan fingerprint density at radius 1 is 1.33 bits per heavy atom. The molecular formula is C17H25BrN2O. The second kappa shape index (κ2) is 7.12. The quantitative estimate of drug-likeness (QED) is 0.848. The fourth-order valence-corrected chi connectivity index (χ4v) is 3.60. The molecule has 0 bridgehead atoms. The lowest BCUT2D eigenvalue weighted by Gasteiger charge is -2.33. The number of halogens is 1. The molecule has 116 valence electrons. The van der Waals surface area contributed by atoms with Crippen LogP contribution >= 0.6 is 15.9 Å². The molecule has 1 N–H and O–H groups in total. The highest BCUT2D eigenvalue weighted by Gasteiger charge is 2.25. The lowest BCUT2D eigenvalue weighted by Crippen LogP contribution is -2.39. The van der Waals surface area contributed by atoms with Crippen LogP contribution in [-0.2, 0) is 6.54 Å². The summed E-state index contributed by atoms with van der Waals surface area (Å²) in [6, 6.07) is 7.10. The van der Waals surface area contributed by atoms with Gasteiger partial charge in [-0.3, -0.25) is 4.90 Å². The van der Waals surface area contributed by atoms with Gasteiger partial charge in [-0.25, -0.2) is 0 Å². The van der Waals surface area contributed by atoms with E-state index in [0.29, 0.717) is 0 Å². The van der Waals surface area contributed by atoms with Gasteiger partial charge in [-0.05, 0) is 62.9 Å². The Morgan fingerprint density at radius 2 is 2.19 bits per heavy atom. The topological polar surface area (TPSA) is 24.5 Å².